The third kappa shape index (κ3) is 8.93. The van der Waals surface area contributed by atoms with E-state index in [0.29, 0.717) is 18.1 Å². The first-order valence-corrected chi connectivity index (χ1v) is 9.30. The quantitative estimate of drug-likeness (QED) is 0.342. The zero-order chi connectivity index (χ0) is 21.4. The smallest absolute Gasteiger partial charge is 0.292 e. The number of nitro groups is 1. The van der Waals surface area contributed by atoms with Gasteiger partial charge in [-0.25, -0.2) is 4.98 Å². The van der Waals surface area contributed by atoms with Crippen molar-refractivity contribution in [2.24, 2.45) is 0 Å². The standard InChI is InChI=1S/C19H25N5O2.C2H6/c1-5-8-10-11-15-23(4)18-13-14-20-19(22-18)21-16(12-9-6-2)17(7-3)24(25)26;1-2/h5,7-14H,3,6,15H2,1-2,4H3,(H,20,21,22);1-2H3/b8-5-,11-10-,12-9-,17-16-;. The van der Waals surface area contributed by atoms with Gasteiger partial charge in [0.2, 0.25) is 5.95 Å². The van der Waals surface area contributed by atoms with Gasteiger partial charge in [0.25, 0.3) is 5.70 Å². The van der Waals surface area contributed by atoms with Gasteiger partial charge in [0.1, 0.15) is 11.5 Å². The summed E-state index contributed by atoms with van der Waals surface area (Å²) >= 11 is 0. The summed E-state index contributed by atoms with van der Waals surface area (Å²) in [6.07, 6.45) is 14.9. The van der Waals surface area contributed by atoms with Gasteiger partial charge >= 0.3 is 0 Å². The highest BCUT2D eigenvalue weighted by molar-refractivity contribution is 5.48. The Morgan fingerprint density at radius 1 is 1.36 bits per heavy atom. The highest BCUT2D eigenvalue weighted by atomic mass is 16.6. The number of hydrogen-bond acceptors (Lipinski definition) is 6. The van der Waals surface area contributed by atoms with Gasteiger partial charge in [-0.2, -0.15) is 4.98 Å². The van der Waals surface area contributed by atoms with Crippen molar-refractivity contribution in [1.29, 1.82) is 0 Å². The molecule has 7 nitrogen and oxygen atoms in total. The minimum absolute atomic E-state index is 0.133. The molecule has 0 aromatic carbocycles. The molecule has 7 heteroatoms. The number of nitrogens with one attached hydrogen (secondary N) is 1. The molecule has 0 spiro atoms. The lowest BCUT2D eigenvalue weighted by molar-refractivity contribution is -0.419. The first kappa shape index (κ1) is 24.8. The Hall–Kier alpha value is -3.22. The van der Waals surface area contributed by atoms with Crippen molar-refractivity contribution in [3.05, 3.63) is 82.9 Å². The summed E-state index contributed by atoms with van der Waals surface area (Å²) < 4.78 is 0. The number of hydrogen-bond donors (Lipinski definition) is 1. The van der Waals surface area contributed by atoms with Crippen LogP contribution >= 0.6 is 0 Å². The van der Waals surface area contributed by atoms with E-state index in [1.807, 2.05) is 70.0 Å². The lowest BCUT2D eigenvalue weighted by Gasteiger charge is -2.16. The zero-order valence-corrected chi connectivity index (χ0v) is 17.4. The number of aromatic nitrogens is 2. The molecule has 1 aromatic heterocycles. The van der Waals surface area contributed by atoms with Gasteiger partial charge in [-0.05, 0) is 25.5 Å². The average molecular weight is 386 g/mol. The van der Waals surface area contributed by atoms with Crippen molar-refractivity contribution in [3.8, 4) is 0 Å². The normalized spacial score (nSPS) is 11.9. The van der Waals surface area contributed by atoms with Gasteiger partial charge < -0.3 is 10.2 Å². The van der Waals surface area contributed by atoms with E-state index < -0.39 is 4.92 Å². The molecule has 0 bridgehead atoms. The summed E-state index contributed by atoms with van der Waals surface area (Å²) in [5.74, 6) is 0.983. The van der Waals surface area contributed by atoms with Crippen molar-refractivity contribution < 1.29 is 4.92 Å². The predicted molar refractivity (Wildman–Crippen MR) is 118 cm³/mol. The number of nitrogens with zero attached hydrogens (tertiary/aromatic N) is 4. The van der Waals surface area contributed by atoms with Crippen LogP contribution in [0.1, 0.15) is 34.1 Å². The molecule has 0 aliphatic carbocycles. The second-order valence-corrected chi connectivity index (χ2v) is 5.27. The molecule has 0 atom stereocenters. The molecule has 1 N–H and O–H groups in total. The highest BCUT2D eigenvalue weighted by Gasteiger charge is 2.14. The number of allylic oxidation sites excluding steroid dienone is 6. The molecule has 0 amide bonds. The van der Waals surface area contributed by atoms with Crippen LogP contribution in [0.4, 0.5) is 11.8 Å². The van der Waals surface area contributed by atoms with Crippen LogP contribution in [0.2, 0.25) is 0 Å². The SMILES string of the molecule is C=C/C(=C(\C=C/CC)Nc1nccc(N(C)C/C=C\C=C/C)n1)[N+](=O)[O-].CC. The molecular weight excluding hydrogens is 354 g/mol. The van der Waals surface area contributed by atoms with Crippen LogP contribution in [0.25, 0.3) is 0 Å². The second-order valence-electron chi connectivity index (χ2n) is 5.27. The summed E-state index contributed by atoms with van der Waals surface area (Å²) in [4.78, 5) is 21.2. The van der Waals surface area contributed by atoms with Crippen molar-refractivity contribution in [2.45, 2.75) is 34.1 Å². The highest BCUT2D eigenvalue weighted by Crippen LogP contribution is 2.15. The summed E-state index contributed by atoms with van der Waals surface area (Å²) in [6.45, 7) is 12.1. The third-order valence-corrected chi connectivity index (χ3v) is 3.28. The van der Waals surface area contributed by atoms with Gasteiger partial charge in [0.05, 0.1) is 4.92 Å². The van der Waals surface area contributed by atoms with Crippen LogP contribution < -0.4 is 10.2 Å². The van der Waals surface area contributed by atoms with Gasteiger partial charge in [-0.3, -0.25) is 10.1 Å². The van der Waals surface area contributed by atoms with E-state index in [1.54, 1.807) is 18.3 Å². The Morgan fingerprint density at radius 2 is 2.07 bits per heavy atom. The lowest BCUT2D eigenvalue weighted by atomic mass is 10.2. The van der Waals surface area contributed by atoms with Crippen molar-refractivity contribution in [2.75, 3.05) is 23.8 Å². The molecule has 0 aliphatic heterocycles. The van der Waals surface area contributed by atoms with Crippen LogP contribution in [0.3, 0.4) is 0 Å². The van der Waals surface area contributed by atoms with Crippen LogP contribution in [-0.4, -0.2) is 28.5 Å². The van der Waals surface area contributed by atoms with E-state index >= 15 is 0 Å². The fraction of sp³-hybridized carbons (Fsp3) is 0.333. The summed E-state index contributed by atoms with van der Waals surface area (Å²) in [7, 11) is 1.91. The Kier molecular flexibility index (Phi) is 13.2. The predicted octanol–water partition coefficient (Wildman–Crippen LogP) is 5.12. The number of anilines is 2. The van der Waals surface area contributed by atoms with Gasteiger partial charge in [0.15, 0.2) is 0 Å². The molecule has 1 aromatic rings. The van der Waals surface area contributed by atoms with E-state index in [-0.39, 0.29) is 11.6 Å². The first-order valence-electron chi connectivity index (χ1n) is 9.30. The molecular formula is C21H31N5O2. The maximum Gasteiger partial charge on any atom is 0.292 e. The van der Waals surface area contributed by atoms with Crippen LogP contribution in [0.5, 0.6) is 0 Å². The van der Waals surface area contributed by atoms with E-state index in [0.717, 1.165) is 6.42 Å². The minimum atomic E-state index is -0.489. The summed E-state index contributed by atoms with van der Waals surface area (Å²) in [6, 6.07) is 1.78. The van der Waals surface area contributed by atoms with Crippen LogP contribution in [0.15, 0.2) is 72.8 Å². The monoisotopic (exact) mass is 385 g/mol. The molecule has 0 fully saturated rings. The molecule has 0 saturated heterocycles. The number of likely N-dealkylation sites (N-methyl/N-ethyl adjacent to an activating group) is 1. The fourth-order valence-electron chi connectivity index (χ4n) is 1.95. The largest absolute Gasteiger partial charge is 0.356 e. The summed E-state index contributed by atoms with van der Waals surface area (Å²) in [5, 5.41) is 14.1. The number of rotatable bonds is 10. The molecule has 1 heterocycles. The maximum atomic E-state index is 11.2. The van der Waals surface area contributed by atoms with E-state index in [4.69, 9.17) is 0 Å². The van der Waals surface area contributed by atoms with E-state index in [9.17, 15) is 10.1 Å². The molecule has 1 rings (SSSR count). The average Bonchev–Trinajstić information content (AvgIpc) is 2.71. The van der Waals surface area contributed by atoms with Crippen molar-refractivity contribution >= 4 is 11.8 Å². The molecule has 0 radical (unpaired) electrons. The van der Waals surface area contributed by atoms with Gasteiger partial charge in [0, 0.05) is 25.9 Å². The van der Waals surface area contributed by atoms with Gasteiger partial charge in [-0.1, -0.05) is 57.7 Å². The molecule has 0 unspecified atom stereocenters. The Balaban J connectivity index is 0.00000352. The summed E-state index contributed by atoms with van der Waals surface area (Å²) in [5.41, 5.74) is 0.158. The van der Waals surface area contributed by atoms with Crippen molar-refractivity contribution in [3.63, 3.8) is 0 Å². The molecule has 28 heavy (non-hydrogen) atoms. The zero-order valence-electron chi connectivity index (χ0n) is 17.4. The molecule has 0 aliphatic rings. The minimum Gasteiger partial charge on any atom is -0.356 e. The van der Waals surface area contributed by atoms with Crippen LogP contribution in [-0.2, 0) is 0 Å². The topological polar surface area (TPSA) is 84.2 Å². The maximum absolute atomic E-state index is 11.2. The molecule has 152 valence electrons. The molecule has 0 saturated carbocycles. The Labute approximate surface area is 168 Å². The lowest BCUT2D eigenvalue weighted by Crippen LogP contribution is -2.19. The first-order chi connectivity index (χ1) is 13.5. The van der Waals surface area contributed by atoms with Crippen LogP contribution in [0, 0.1) is 10.1 Å². The fourth-order valence-corrected chi connectivity index (χ4v) is 1.95. The van der Waals surface area contributed by atoms with Gasteiger partial charge in [-0.15, -0.1) is 0 Å². The second kappa shape index (κ2) is 14.9. The van der Waals surface area contributed by atoms with E-state index in [1.165, 1.54) is 6.08 Å². The Morgan fingerprint density at radius 3 is 2.64 bits per heavy atom. The van der Waals surface area contributed by atoms with E-state index in [2.05, 4.69) is 21.9 Å². The third-order valence-electron chi connectivity index (χ3n) is 3.28. The van der Waals surface area contributed by atoms with Crippen molar-refractivity contribution in [1.82, 2.24) is 9.97 Å². The Bertz CT molecular complexity index is 736.